The van der Waals surface area contributed by atoms with Crippen LogP contribution in [0.4, 0.5) is 0 Å². The first kappa shape index (κ1) is 16.0. The summed E-state index contributed by atoms with van der Waals surface area (Å²) in [7, 11) is 3.39. The van der Waals surface area contributed by atoms with Crippen molar-refractivity contribution in [3.63, 3.8) is 0 Å². The lowest BCUT2D eigenvalue weighted by Gasteiger charge is -2.17. The average Bonchev–Trinajstić information content (AvgIpc) is 2.90. The number of hydrogen-bond acceptors (Lipinski definition) is 4. The molecule has 2 aromatic rings. The first-order valence-electron chi connectivity index (χ1n) is 7.06. The van der Waals surface area contributed by atoms with Gasteiger partial charge in [0.05, 0.1) is 13.7 Å². The SMILES string of the molecule is COCc1cc(C(C)NCc2cscc2C)ccc1OC. The number of methoxy groups -OCH3 is 2. The van der Waals surface area contributed by atoms with Crippen molar-refractivity contribution in [3.8, 4) is 5.75 Å². The summed E-state index contributed by atoms with van der Waals surface area (Å²) in [5.74, 6) is 0.876. The fraction of sp³-hybridized carbons (Fsp3) is 0.412. The van der Waals surface area contributed by atoms with E-state index in [-0.39, 0.29) is 6.04 Å². The van der Waals surface area contributed by atoms with Crippen LogP contribution in [0, 0.1) is 6.92 Å². The molecule has 0 saturated heterocycles. The van der Waals surface area contributed by atoms with Gasteiger partial charge in [0.25, 0.3) is 0 Å². The number of aryl methyl sites for hydroxylation is 1. The van der Waals surface area contributed by atoms with Crippen molar-refractivity contribution in [2.45, 2.75) is 33.0 Å². The molecule has 0 saturated carbocycles. The fourth-order valence-electron chi connectivity index (χ4n) is 2.28. The molecule has 2 rings (SSSR count). The zero-order valence-corrected chi connectivity index (χ0v) is 13.9. The van der Waals surface area contributed by atoms with E-state index in [0.29, 0.717) is 6.61 Å². The van der Waals surface area contributed by atoms with E-state index in [1.807, 2.05) is 6.07 Å². The van der Waals surface area contributed by atoms with Gasteiger partial charge >= 0.3 is 0 Å². The third-order valence-electron chi connectivity index (χ3n) is 3.66. The Kier molecular flexibility index (Phi) is 5.79. The molecule has 1 heterocycles. The highest BCUT2D eigenvalue weighted by molar-refractivity contribution is 7.08. The Balaban J connectivity index is 2.06. The van der Waals surface area contributed by atoms with Crippen molar-refractivity contribution >= 4 is 11.3 Å². The lowest BCUT2D eigenvalue weighted by molar-refractivity contribution is 0.181. The van der Waals surface area contributed by atoms with Gasteiger partial charge in [0.1, 0.15) is 5.75 Å². The second-order valence-corrected chi connectivity index (χ2v) is 5.93. The molecular weight excluding hydrogens is 282 g/mol. The molecule has 4 heteroatoms. The summed E-state index contributed by atoms with van der Waals surface area (Å²) in [5, 5.41) is 7.97. The topological polar surface area (TPSA) is 30.5 Å². The molecule has 0 amide bonds. The largest absolute Gasteiger partial charge is 0.496 e. The van der Waals surface area contributed by atoms with Gasteiger partial charge in [-0.2, -0.15) is 11.3 Å². The molecule has 3 nitrogen and oxygen atoms in total. The van der Waals surface area contributed by atoms with Gasteiger partial charge in [-0.3, -0.25) is 0 Å². The van der Waals surface area contributed by atoms with Gasteiger partial charge in [0, 0.05) is 25.3 Å². The summed E-state index contributed by atoms with van der Waals surface area (Å²) >= 11 is 1.75. The molecule has 0 fully saturated rings. The van der Waals surface area contributed by atoms with Crippen LogP contribution in [0.1, 0.15) is 35.2 Å². The minimum Gasteiger partial charge on any atom is -0.496 e. The van der Waals surface area contributed by atoms with Crippen LogP contribution in [0.5, 0.6) is 5.75 Å². The van der Waals surface area contributed by atoms with E-state index in [4.69, 9.17) is 9.47 Å². The van der Waals surface area contributed by atoms with Gasteiger partial charge in [0.2, 0.25) is 0 Å². The maximum atomic E-state index is 5.37. The maximum Gasteiger partial charge on any atom is 0.124 e. The summed E-state index contributed by atoms with van der Waals surface area (Å²) in [5.41, 5.74) is 5.06. The normalized spacial score (nSPS) is 12.4. The van der Waals surface area contributed by atoms with Crippen LogP contribution >= 0.6 is 11.3 Å². The highest BCUT2D eigenvalue weighted by atomic mass is 32.1. The van der Waals surface area contributed by atoms with Crippen LogP contribution in [-0.2, 0) is 17.9 Å². The maximum absolute atomic E-state index is 5.37. The standard InChI is InChI=1S/C17H23NO2S/c1-12-10-21-11-16(12)8-18-13(2)14-5-6-17(20-4)15(7-14)9-19-3/h5-7,10-11,13,18H,8-9H2,1-4H3. The Morgan fingerprint density at radius 1 is 1.19 bits per heavy atom. The third-order valence-corrected chi connectivity index (χ3v) is 4.57. The van der Waals surface area contributed by atoms with Gasteiger partial charge in [-0.15, -0.1) is 0 Å². The minimum absolute atomic E-state index is 0.283. The lowest BCUT2D eigenvalue weighted by Crippen LogP contribution is -2.18. The van der Waals surface area contributed by atoms with Crippen LogP contribution in [0.2, 0.25) is 0 Å². The van der Waals surface area contributed by atoms with E-state index in [1.54, 1.807) is 25.6 Å². The number of rotatable bonds is 7. The predicted molar refractivity (Wildman–Crippen MR) is 88.0 cm³/mol. The van der Waals surface area contributed by atoms with Crippen LogP contribution in [0.3, 0.4) is 0 Å². The minimum atomic E-state index is 0.283. The predicted octanol–water partition coefficient (Wildman–Crippen LogP) is 4.06. The Bertz CT molecular complexity index is 580. The van der Waals surface area contributed by atoms with Crippen molar-refractivity contribution in [3.05, 3.63) is 51.2 Å². The molecule has 0 aliphatic rings. The molecule has 1 atom stereocenters. The van der Waals surface area contributed by atoms with Crippen molar-refractivity contribution in [2.24, 2.45) is 0 Å². The van der Waals surface area contributed by atoms with Gasteiger partial charge in [-0.1, -0.05) is 6.07 Å². The second kappa shape index (κ2) is 7.59. The van der Waals surface area contributed by atoms with E-state index in [2.05, 4.69) is 42.1 Å². The number of benzene rings is 1. The first-order chi connectivity index (χ1) is 10.2. The summed E-state index contributed by atoms with van der Waals surface area (Å²) in [6, 6.07) is 6.56. The van der Waals surface area contributed by atoms with Crippen LogP contribution in [0.15, 0.2) is 29.0 Å². The number of ether oxygens (including phenoxy) is 2. The van der Waals surface area contributed by atoms with Crippen LogP contribution in [0.25, 0.3) is 0 Å². The number of hydrogen-bond donors (Lipinski definition) is 1. The summed E-state index contributed by atoms with van der Waals surface area (Å²) < 4.78 is 10.6. The molecule has 1 N–H and O–H groups in total. The summed E-state index contributed by atoms with van der Waals surface area (Å²) in [6.07, 6.45) is 0. The van der Waals surface area contributed by atoms with Crippen molar-refractivity contribution in [1.29, 1.82) is 0 Å². The van der Waals surface area contributed by atoms with E-state index >= 15 is 0 Å². The Morgan fingerprint density at radius 3 is 2.62 bits per heavy atom. The van der Waals surface area contributed by atoms with Gasteiger partial charge in [-0.05, 0) is 53.4 Å². The molecular formula is C17H23NO2S. The Hall–Kier alpha value is -1.36. The smallest absolute Gasteiger partial charge is 0.124 e. The number of nitrogens with one attached hydrogen (secondary N) is 1. The quantitative estimate of drug-likeness (QED) is 0.836. The first-order valence-corrected chi connectivity index (χ1v) is 8.00. The summed E-state index contributed by atoms with van der Waals surface area (Å²) in [4.78, 5) is 0. The summed E-state index contributed by atoms with van der Waals surface area (Å²) in [6.45, 7) is 5.79. The van der Waals surface area contributed by atoms with E-state index in [9.17, 15) is 0 Å². The van der Waals surface area contributed by atoms with E-state index in [0.717, 1.165) is 17.9 Å². The van der Waals surface area contributed by atoms with Crippen LogP contribution in [-0.4, -0.2) is 14.2 Å². The fourth-order valence-corrected chi connectivity index (χ4v) is 3.14. The zero-order valence-electron chi connectivity index (χ0n) is 13.1. The van der Waals surface area contributed by atoms with E-state index < -0.39 is 0 Å². The average molecular weight is 305 g/mol. The molecule has 0 bridgehead atoms. The molecule has 0 aliphatic carbocycles. The highest BCUT2D eigenvalue weighted by Gasteiger charge is 2.10. The monoisotopic (exact) mass is 305 g/mol. The molecule has 114 valence electrons. The molecule has 1 unspecified atom stereocenters. The molecule has 0 spiro atoms. The number of thiophene rings is 1. The van der Waals surface area contributed by atoms with E-state index in [1.165, 1.54) is 16.7 Å². The molecule has 1 aromatic heterocycles. The zero-order chi connectivity index (χ0) is 15.2. The second-order valence-electron chi connectivity index (χ2n) is 5.19. The van der Waals surface area contributed by atoms with Gasteiger partial charge < -0.3 is 14.8 Å². The Labute approximate surface area is 130 Å². The third kappa shape index (κ3) is 4.06. The molecule has 0 radical (unpaired) electrons. The Morgan fingerprint density at radius 2 is 2.00 bits per heavy atom. The highest BCUT2D eigenvalue weighted by Crippen LogP contribution is 2.24. The van der Waals surface area contributed by atoms with Crippen LogP contribution < -0.4 is 10.1 Å². The van der Waals surface area contributed by atoms with Gasteiger partial charge in [0.15, 0.2) is 0 Å². The molecule has 21 heavy (non-hydrogen) atoms. The molecule has 0 aliphatic heterocycles. The molecule has 1 aromatic carbocycles. The van der Waals surface area contributed by atoms with Crippen molar-refractivity contribution in [1.82, 2.24) is 5.32 Å². The lowest BCUT2D eigenvalue weighted by atomic mass is 10.0. The van der Waals surface area contributed by atoms with Gasteiger partial charge in [-0.25, -0.2) is 0 Å². The van der Waals surface area contributed by atoms with Crippen molar-refractivity contribution < 1.29 is 9.47 Å². The van der Waals surface area contributed by atoms with Crippen molar-refractivity contribution in [2.75, 3.05) is 14.2 Å².